The molecular weight excluding hydrogens is 241 g/mol. The van der Waals surface area contributed by atoms with E-state index in [0.29, 0.717) is 0 Å². The van der Waals surface area contributed by atoms with Gasteiger partial charge in [-0.25, -0.2) is 0 Å². The van der Waals surface area contributed by atoms with Crippen LogP contribution in [0, 0.1) is 0 Å². The predicted molar refractivity (Wildman–Crippen MR) is 73.8 cm³/mol. The fourth-order valence-corrected chi connectivity index (χ4v) is 2.48. The number of hydrogen-bond donors (Lipinski definition) is 0. The zero-order valence-corrected chi connectivity index (χ0v) is 12.0. The fourth-order valence-electron chi connectivity index (χ4n) is 2.48. The molecule has 1 fully saturated rings. The van der Waals surface area contributed by atoms with Crippen LogP contribution in [-0.2, 0) is 15.7 Å². The quantitative estimate of drug-likeness (QED) is 0.721. The third-order valence-electron chi connectivity index (χ3n) is 4.39. The number of ether oxygens (including phenoxy) is 1. The maximum Gasteiger partial charge on any atom is 0.496 e. The highest BCUT2D eigenvalue weighted by Crippen LogP contribution is 2.37. The number of pyridine rings is 1. The van der Waals surface area contributed by atoms with Crippen LogP contribution in [-0.4, -0.2) is 29.9 Å². The van der Waals surface area contributed by atoms with Crippen molar-refractivity contribution in [3.8, 4) is 5.75 Å². The Balaban J connectivity index is 1.96. The van der Waals surface area contributed by atoms with Gasteiger partial charge in [-0.05, 0) is 46.1 Å². The van der Waals surface area contributed by atoms with E-state index in [1.165, 1.54) is 5.56 Å². The fraction of sp³-hybridized carbons (Fsp3) is 0.643. The molecule has 2 aliphatic rings. The van der Waals surface area contributed by atoms with Crippen molar-refractivity contribution >= 4 is 12.6 Å². The summed E-state index contributed by atoms with van der Waals surface area (Å²) in [5.74, 6) is 0.874. The van der Waals surface area contributed by atoms with Gasteiger partial charge in [0.05, 0.1) is 24.0 Å². The van der Waals surface area contributed by atoms with E-state index in [9.17, 15) is 0 Å². The van der Waals surface area contributed by atoms with Gasteiger partial charge in [-0.3, -0.25) is 4.98 Å². The molecule has 4 nitrogen and oxygen atoms in total. The van der Waals surface area contributed by atoms with Crippen LogP contribution in [0.25, 0.3) is 0 Å². The molecule has 1 saturated heterocycles. The molecule has 5 heteroatoms. The van der Waals surface area contributed by atoms with Gasteiger partial charge in [0.25, 0.3) is 0 Å². The monoisotopic (exact) mass is 261 g/mol. The highest BCUT2D eigenvalue weighted by atomic mass is 16.7. The van der Waals surface area contributed by atoms with Crippen LogP contribution in [0.5, 0.6) is 5.75 Å². The maximum atomic E-state index is 6.10. The number of aromatic nitrogens is 1. The summed E-state index contributed by atoms with van der Waals surface area (Å²) < 4.78 is 17.9. The highest BCUT2D eigenvalue weighted by Gasteiger charge is 2.52. The van der Waals surface area contributed by atoms with Crippen molar-refractivity contribution in [2.75, 3.05) is 6.61 Å². The minimum absolute atomic E-state index is 0.323. The molecule has 102 valence electrons. The van der Waals surface area contributed by atoms with Crippen molar-refractivity contribution in [2.45, 2.75) is 51.7 Å². The minimum atomic E-state index is -0.353. The Kier molecular flexibility index (Phi) is 2.87. The smallest absolute Gasteiger partial charge is 0.492 e. The third-order valence-corrected chi connectivity index (χ3v) is 4.39. The van der Waals surface area contributed by atoms with Crippen molar-refractivity contribution in [1.29, 1.82) is 0 Å². The van der Waals surface area contributed by atoms with Gasteiger partial charge in [-0.1, -0.05) is 0 Å². The molecule has 0 aliphatic carbocycles. The first-order valence-electron chi connectivity index (χ1n) is 6.86. The second kappa shape index (κ2) is 4.22. The standard InChI is InChI=1S/C14H20BNO3/c1-13(2)14(3,4)19-15(18-13)11-8-16-9-12-10(11)6-5-7-17-12/h8-9H,5-7H2,1-4H3. The Morgan fingerprint density at radius 1 is 1.11 bits per heavy atom. The Labute approximate surface area is 114 Å². The number of nitrogens with zero attached hydrogens (tertiary/aromatic N) is 1. The first kappa shape index (κ1) is 12.9. The van der Waals surface area contributed by atoms with Crippen LogP contribution in [0.1, 0.15) is 39.7 Å². The van der Waals surface area contributed by atoms with Crippen LogP contribution in [0.2, 0.25) is 0 Å². The SMILES string of the molecule is CC1(C)OB(c2cncc3c2CCCO3)OC1(C)C. The molecule has 1 aromatic rings. The van der Waals surface area contributed by atoms with E-state index >= 15 is 0 Å². The lowest BCUT2D eigenvalue weighted by molar-refractivity contribution is 0.00578. The third kappa shape index (κ3) is 2.05. The summed E-state index contributed by atoms with van der Waals surface area (Å²) in [5.41, 5.74) is 1.54. The molecule has 0 amide bonds. The number of rotatable bonds is 1. The lowest BCUT2D eigenvalue weighted by atomic mass is 9.75. The molecular formula is C14H20BNO3. The van der Waals surface area contributed by atoms with Gasteiger partial charge < -0.3 is 14.0 Å². The van der Waals surface area contributed by atoms with Crippen molar-refractivity contribution in [1.82, 2.24) is 4.98 Å². The summed E-state index contributed by atoms with van der Waals surface area (Å²) in [4.78, 5) is 4.25. The summed E-state index contributed by atoms with van der Waals surface area (Å²) >= 11 is 0. The van der Waals surface area contributed by atoms with Crippen molar-refractivity contribution in [3.63, 3.8) is 0 Å². The first-order chi connectivity index (χ1) is 8.91. The van der Waals surface area contributed by atoms with Gasteiger partial charge >= 0.3 is 7.12 Å². The first-order valence-corrected chi connectivity index (χ1v) is 6.86. The molecule has 0 radical (unpaired) electrons. The van der Waals surface area contributed by atoms with Gasteiger partial charge in [0.2, 0.25) is 0 Å². The largest absolute Gasteiger partial charge is 0.496 e. The second-order valence-electron chi connectivity index (χ2n) is 6.25. The average molecular weight is 261 g/mol. The lowest BCUT2D eigenvalue weighted by Crippen LogP contribution is -2.41. The molecule has 0 aromatic carbocycles. The van der Waals surface area contributed by atoms with E-state index in [1.54, 1.807) is 6.20 Å². The molecule has 1 aromatic heterocycles. The summed E-state index contributed by atoms with van der Waals surface area (Å²) in [5, 5.41) is 0. The van der Waals surface area contributed by atoms with Gasteiger partial charge in [-0.2, -0.15) is 0 Å². The van der Waals surface area contributed by atoms with Crippen LogP contribution < -0.4 is 10.2 Å². The normalized spacial score (nSPS) is 23.9. The second-order valence-corrected chi connectivity index (χ2v) is 6.25. The molecule has 0 unspecified atom stereocenters. The van der Waals surface area contributed by atoms with Gasteiger partial charge in [-0.15, -0.1) is 0 Å². The highest BCUT2D eigenvalue weighted by molar-refractivity contribution is 6.62. The van der Waals surface area contributed by atoms with Crippen LogP contribution in [0.3, 0.4) is 0 Å². The summed E-state index contributed by atoms with van der Waals surface area (Å²) in [6, 6.07) is 0. The van der Waals surface area contributed by atoms with E-state index in [4.69, 9.17) is 14.0 Å². The van der Waals surface area contributed by atoms with Gasteiger partial charge in [0.15, 0.2) is 0 Å². The number of fused-ring (bicyclic) bond motifs is 1. The molecule has 0 bridgehead atoms. The van der Waals surface area contributed by atoms with Crippen LogP contribution in [0.15, 0.2) is 12.4 Å². The van der Waals surface area contributed by atoms with Crippen LogP contribution >= 0.6 is 0 Å². The topological polar surface area (TPSA) is 40.6 Å². The van der Waals surface area contributed by atoms with Crippen LogP contribution in [0.4, 0.5) is 0 Å². The molecule has 0 saturated carbocycles. The summed E-state index contributed by atoms with van der Waals surface area (Å²) in [6.45, 7) is 9.01. The van der Waals surface area contributed by atoms with E-state index < -0.39 is 0 Å². The molecule has 19 heavy (non-hydrogen) atoms. The van der Waals surface area contributed by atoms with Gasteiger partial charge in [0.1, 0.15) is 5.75 Å². The molecule has 0 atom stereocenters. The molecule has 0 N–H and O–H groups in total. The minimum Gasteiger partial charge on any atom is -0.492 e. The lowest BCUT2D eigenvalue weighted by Gasteiger charge is -2.32. The zero-order chi connectivity index (χ0) is 13.7. The molecule has 2 aliphatic heterocycles. The Bertz CT molecular complexity index is 485. The average Bonchev–Trinajstić information content (AvgIpc) is 2.58. The Morgan fingerprint density at radius 3 is 2.47 bits per heavy atom. The van der Waals surface area contributed by atoms with E-state index in [0.717, 1.165) is 30.7 Å². The molecule has 3 heterocycles. The van der Waals surface area contributed by atoms with E-state index in [2.05, 4.69) is 32.7 Å². The van der Waals surface area contributed by atoms with E-state index in [-0.39, 0.29) is 18.3 Å². The van der Waals surface area contributed by atoms with E-state index in [1.807, 2.05) is 6.20 Å². The van der Waals surface area contributed by atoms with Gasteiger partial charge in [0, 0.05) is 11.7 Å². The molecule has 0 spiro atoms. The predicted octanol–water partition coefficient (Wildman–Crippen LogP) is 1.71. The maximum absolute atomic E-state index is 6.10. The summed E-state index contributed by atoms with van der Waals surface area (Å²) in [6.07, 6.45) is 5.65. The Hall–Kier alpha value is -1.07. The molecule has 3 rings (SSSR count). The Morgan fingerprint density at radius 2 is 1.79 bits per heavy atom. The zero-order valence-electron chi connectivity index (χ0n) is 12.0. The van der Waals surface area contributed by atoms with Crippen molar-refractivity contribution < 1.29 is 14.0 Å². The van der Waals surface area contributed by atoms with Crippen molar-refractivity contribution in [3.05, 3.63) is 18.0 Å². The van der Waals surface area contributed by atoms with Crippen molar-refractivity contribution in [2.24, 2.45) is 0 Å². The number of hydrogen-bond acceptors (Lipinski definition) is 4. The summed E-state index contributed by atoms with van der Waals surface area (Å²) in [7, 11) is -0.353.